The second-order valence-electron chi connectivity index (χ2n) is 3.60. The fraction of sp³-hybridized carbons (Fsp3) is 0.875. The van der Waals surface area contributed by atoms with E-state index in [9.17, 15) is 8.42 Å². The molecule has 0 aliphatic heterocycles. The van der Waals surface area contributed by atoms with E-state index in [1.54, 1.807) is 6.92 Å². The second-order valence-corrected chi connectivity index (χ2v) is 5.45. The molecule has 0 aromatic heterocycles. The lowest BCUT2D eigenvalue weighted by molar-refractivity contribution is 0.569. The van der Waals surface area contributed by atoms with E-state index in [1.165, 1.54) is 0 Å². The third-order valence-electron chi connectivity index (χ3n) is 1.98. The van der Waals surface area contributed by atoms with Crippen LogP contribution in [0.1, 0.15) is 19.8 Å². The van der Waals surface area contributed by atoms with Gasteiger partial charge in [-0.3, -0.25) is 0 Å². The topological polar surface area (TPSA) is 70.0 Å². The zero-order valence-electron chi connectivity index (χ0n) is 7.66. The van der Waals surface area contributed by atoms with Crippen molar-refractivity contribution in [1.82, 2.24) is 4.72 Å². The molecule has 1 atom stereocenters. The standard InChI is InChI=1S/C8H14N2O2S/c1-7(4-9)5-10-13(11,12)6-8-2-3-8/h7-8,10H,2-3,5-6H2,1H3. The molecule has 1 fully saturated rings. The van der Waals surface area contributed by atoms with Crippen molar-refractivity contribution >= 4 is 10.0 Å². The molecule has 1 rings (SSSR count). The summed E-state index contributed by atoms with van der Waals surface area (Å²) < 4.78 is 25.0. The number of nitrogens with zero attached hydrogens (tertiary/aromatic N) is 1. The van der Waals surface area contributed by atoms with Crippen LogP contribution in [-0.4, -0.2) is 20.7 Å². The Kier molecular flexibility index (Phi) is 3.28. The molecule has 0 saturated heterocycles. The number of hydrogen-bond donors (Lipinski definition) is 1. The first-order chi connectivity index (χ1) is 6.03. The van der Waals surface area contributed by atoms with Crippen LogP contribution in [-0.2, 0) is 10.0 Å². The van der Waals surface area contributed by atoms with Crippen molar-refractivity contribution in [1.29, 1.82) is 5.26 Å². The van der Waals surface area contributed by atoms with Gasteiger partial charge in [-0.25, -0.2) is 13.1 Å². The average Bonchev–Trinajstić information content (AvgIpc) is 2.83. The molecule has 1 N–H and O–H groups in total. The highest BCUT2D eigenvalue weighted by Crippen LogP contribution is 2.29. The van der Waals surface area contributed by atoms with Gasteiger partial charge in [0.05, 0.1) is 17.7 Å². The fourth-order valence-electron chi connectivity index (χ4n) is 0.951. The van der Waals surface area contributed by atoms with Gasteiger partial charge in [-0.15, -0.1) is 0 Å². The molecular formula is C8H14N2O2S. The van der Waals surface area contributed by atoms with Crippen molar-refractivity contribution < 1.29 is 8.42 Å². The van der Waals surface area contributed by atoms with E-state index in [0.717, 1.165) is 12.8 Å². The van der Waals surface area contributed by atoms with Gasteiger partial charge in [-0.05, 0) is 25.7 Å². The SMILES string of the molecule is CC(C#N)CNS(=O)(=O)CC1CC1. The van der Waals surface area contributed by atoms with Crippen molar-refractivity contribution in [2.45, 2.75) is 19.8 Å². The quantitative estimate of drug-likeness (QED) is 0.704. The molecule has 0 aromatic rings. The van der Waals surface area contributed by atoms with Crippen molar-refractivity contribution in [3.05, 3.63) is 0 Å². The number of nitrogens with one attached hydrogen (secondary N) is 1. The summed E-state index contributed by atoms with van der Waals surface area (Å²) in [5.41, 5.74) is 0. The molecule has 13 heavy (non-hydrogen) atoms. The Bertz CT molecular complexity index is 301. The fourth-order valence-corrected chi connectivity index (χ4v) is 2.53. The summed E-state index contributed by atoms with van der Waals surface area (Å²) >= 11 is 0. The Labute approximate surface area is 79.0 Å². The Balaban J connectivity index is 2.29. The minimum Gasteiger partial charge on any atom is -0.214 e. The first kappa shape index (κ1) is 10.5. The molecule has 1 unspecified atom stereocenters. The molecule has 0 bridgehead atoms. The Hall–Kier alpha value is -0.600. The maximum Gasteiger partial charge on any atom is 0.211 e. The van der Waals surface area contributed by atoms with E-state index in [-0.39, 0.29) is 18.2 Å². The van der Waals surface area contributed by atoms with Crippen molar-refractivity contribution in [2.75, 3.05) is 12.3 Å². The first-order valence-electron chi connectivity index (χ1n) is 4.40. The number of sulfonamides is 1. The van der Waals surface area contributed by atoms with Gasteiger partial charge in [-0.2, -0.15) is 5.26 Å². The number of nitriles is 1. The van der Waals surface area contributed by atoms with E-state index < -0.39 is 10.0 Å². The maximum atomic E-state index is 11.3. The molecule has 1 aliphatic carbocycles. The van der Waals surface area contributed by atoms with Crippen LogP contribution < -0.4 is 4.72 Å². The highest BCUT2D eigenvalue weighted by atomic mass is 32.2. The highest BCUT2D eigenvalue weighted by molar-refractivity contribution is 7.89. The molecule has 0 spiro atoms. The lowest BCUT2D eigenvalue weighted by Gasteiger charge is -2.06. The van der Waals surface area contributed by atoms with Crippen molar-refractivity contribution in [3.63, 3.8) is 0 Å². The van der Waals surface area contributed by atoms with Gasteiger partial charge < -0.3 is 0 Å². The van der Waals surface area contributed by atoms with Crippen LogP contribution in [0.15, 0.2) is 0 Å². The number of hydrogen-bond acceptors (Lipinski definition) is 3. The summed E-state index contributed by atoms with van der Waals surface area (Å²) in [7, 11) is -3.12. The predicted octanol–water partition coefficient (Wildman–Crippen LogP) is 0.475. The summed E-state index contributed by atoms with van der Waals surface area (Å²) in [5.74, 6) is 0.328. The van der Waals surface area contributed by atoms with Gasteiger partial charge >= 0.3 is 0 Å². The summed E-state index contributed by atoms with van der Waals surface area (Å²) in [6.07, 6.45) is 2.05. The Morgan fingerprint density at radius 2 is 2.23 bits per heavy atom. The van der Waals surface area contributed by atoms with E-state index in [1.807, 2.05) is 6.07 Å². The Morgan fingerprint density at radius 1 is 1.62 bits per heavy atom. The molecule has 0 aromatic carbocycles. The van der Waals surface area contributed by atoms with E-state index in [4.69, 9.17) is 5.26 Å². The lowest BCUT2D eigenvalue weighted by atomic mass is 10.2. The number of rotatable bonds is 5. The molecule has 1 aliphatic rings. The molecule has 74 valence electrons. The van der Waals surface area contributed by atoms with E-state index >= 15 is 0 Å². The molecule has 0 radical (unpaired) electrons. The minimum absolute atomic E-state index is 0.227. The third-order valence-corrected chi connectivity index (χ3v) is 3.50. The molecule has 0 heterocycles. The first-order valence-corrected chi connectivity index (χ1v) is 6.05. The molecule has 1 saturated carbocycles. The second kappa shape index (κ2) is 4.07. The van der Waals surface area contributed by atoms with Gasteiger partial charge in [0.2, 0.25) is 10.0 Å². The van der Waals surface area contributed by atoms with Crippen LogP contribution in [0, 0.1) is 23.2 Å². The van der Waals surface area contributed by atoms with Crippen LogP contribution in [0.2, 0.25) is 0 Å². The molecule has 4 nitrogen and oxygen atoms in total. The minimum atomic E-state index is -3.12. The van der Waals surface area contributed by atoms with Crippen LogP contribution in [0.25, 0.3) is 0 Å². The Morgan fingerprint density at radius 3 is 2.69 bits per heavy atom. The molecule has 5 heteroatoms. The van der Waals surface area contributed by atoms with Gasteiger partial charge in [0.15, 0.2) is 0 Å². The van der Waals surface area contributed by atoms with Gasteiger partial charge in [0.1, 0.15) is 0 Å². The van der Waals surface area contributed by atoms with Crippen LogP contribution in [0.4, 0.5) is 0 Å². The third kappa shape index (κ3) is 4.25. The van der Waals surface area contributed by atoms with Crippen molar-refractivity contribution in [3.8, 4) is 6.07 Å². The summed E-state index contributed by atoms with van der Waals surface area (Å²) in [4.78, 5) is 0. The summed E-state index contributed by atoms with van der Waals surface area (Å²) in [5, 5.41) is 8.44. The highest BCUT2D eigenvalue weighted by Gasteiger charge is 2.27. The van der Waals surface area contributed by atoms with Crippen LogP contribution in [0.5, 0.6) is 0 Å². The lowest BCUT2D eigenvalue weighted by Crippen LogP contribution is -2.30. The average molecular weight is 202 g/mol. The van der Waals surface area contributed by atoms with Crippen LogP contribution >= 0.6 is 0 Å². The largest absolute Gasteiger partial charge is 0.214 e. The zero-order valence-corrected chi connectivity index (χ0v) is 8.47. The van der Waals surface area contributed by atoms with Gasteiger partial charge in [-0.1, -0.05) is 0 Å². The monoisotopic (exact) mass is 202 g/mol. The smallest absolute Gasteiger partial charge is 0.211 e. The normalized spacial score (nSPS) is 19.4. The summed E-state index contributed by atoms with van der Waals surface area (Å²) in [6, 6.07) is 1.98. The van der Waals surface area contributed by atoms with Gasteiger partial charge in [0, 0.05) is 6.54 Å². The van der Waals surface area contributed by atoms with Crippen molar-refractivity contribution in [2.24, 2.45) is 11.8 Å². The molecule has 0 amide bonds. The van der Waals surface area contributed by atoms with E-state index in [0.29, 0.717) is 5.92 Å². The van der Waals surface area contributed by atoms with Crippen LogP contribution in [0.3, 0.4) is 0 Å². The van der Waals surface area contributed by atoms with E-state index in [2.05, 4.69) is 4.72 Å². The zero-order chi connectivity index (χ0) is 9.90. The maximum absolute atomic E-state index is 11.3. The van der Waals surface area contributed by atoms with Gasteiger partial charge in [0.25, 0.3) is 0 Å². The summed E-state index contributed by atoms with van der Waals surface area (Å²) in [6.45, 7) is 1.92. The predicted molar refractivity (Wildman–Crippen MR) is 49.3 cm³/mol. The molecular weight excluding hydrogens is 188 g/mol.